The predicted molar refractivity (Wildman–Crippen MR) is 75.3 cm³/mol. The minimum atomic E-state index is -3.12. The standard InChI is InChI=1S/C13H17NO2S2/c1-3-11(8-9-17-10-14)12-4-6-13(7-5-12)18(2,15)16/h4-7,11H,3,8-9H2,1-2H3. The lowest BCUT2D eigenvalue weighted by atomic mass is 9.94. The molecule has 1 aromatic rings. The normalized spacial score (nSPS) is 12.9. The van der Waals surface area contributed by atoms with Crippen molar-refractivity contribution in [3.05, 3.63) is 29.8 Å². The fourth-order valence-electron chi connectivity index (χ4n) is 1.84. The summed E-state index contributed by atoms with van der Waals surface area (Å²) in [5, 5.41) is 10.6. The van der Waals surface area contributed by atoms with Crippen molar-refractivity contribution in [2.24, 2.45) is 0 Å². The highest BCUT2D eigenvalue weighted by atomic mass is 32.2. The van der Waals surface area contributed by atoms with Gasteiger partial charge in [-0.15, -0.1) is 0 Å². The molecule has 0 saturated heterocycles. The van der Waals surface area contributed by atoms with Crippen molar-refractivity contribution in [2.75, 3.05) is 12.0 Å². The number of benzene rings is 1. The van der Waals surface area contributed by atoms with Crippen LogP contribution in [0.5, 0.6) is 0 Å². The summed E-state index contributed by atoms with van der Waals surface area (Å²) in [7, 11) is -3.12. The number of thiocyanates is 1. The van der Waals surface area contributed by atoms with Gasteiger partial charge in [-0.2, -0.15) is 5.26 Å². The van der Waals surface area contributed by atoms with E-state index in [4.69, 9.17) is 5.26 Å². The highest BCUT2D eigenvalue weighted by Gasteiger charge is 2.11. The van der Waals surface area contributed by atoms with Crippen molar-refractivity contribution in [2.45, 2.75) is 30.6 Å². The monoisotopic (exact) mass is 283 g/mol. The van der Waals surface area contributed by atoms with Crippen LogP contribution in [0, 0.1) is 10.7 Å². The van der Waals surface area contributed by atoms with Crippen LogP contribution in [0.3, 0.4) is 0 Å². The number of thioether (sulfide) groups is 1. The summed E-state index contributed by atoms with van der Waals surface area (Å²) >= 11 is 1.26. The third-order valence-corrected chi connectivity index (χ3v) is 4.60. The Morgan fingerprint density at radius 1 is 1.33 bits per heavy atom. The molecule has 5 heteroatoms. The maximum absolute atomic E-state index is 11.4. The second-order valence-electron chi connectivity index (χ2n) is 4.17. The molecule has 1 rings (SSSR count). The number of rotatable bonds is 6. The molecule has 0 N–H and O–H groups in total. The first-order chi connectivity index (χ1) is 8.49. The van der Waals surface area contributed by atoms with Crippen LogP contribution in [-0.2, 0) is 9.84 Å². The Hall–Kier alpha value is -0.990. The molecule has 0 amide bonds. The first-order valence-corrected chi connectivity index (χ1v) is 8.67. The van der Waals surface area contributed by atoms with Gasteiger partial charge in [0.05, 0.1) is 4.90 Å². The Bertz CT molecular complexity index is 515. The molecule has 1 unspecified atom stereocenters. The van der Waals surface area contributed by atoms with Crippen LogP contribution < -0.4 is 0 Å². The molecule has 0 radical (unpaired) electrons. The summed E-state index contributed by atoms with van der Waals surface area (Å²) in [6.45, 7) is 2.10. The first-order valence-electron chi connectivity index (χ1n) is 5.80. The Kier molecular flexibility index (Phi) is 5.70. The molecular formula is C13H17NO2S2. The summed E-state index contributed by atoms with van der Waals surface area (Å²) in [5.41, 5.74) is 1.14. The topological polar surface area (TPSA) is 57.9 Å². The molecule has 0 heterocycles. The molecule has 98 valence electrons. The number of sulfone groups is 1. The Labute approximate surface area is 113 Å². The highest BCUT2D eigenvalue weighted by Crippen LogP contribution is 2.25. The average molecular weight is 283 g/mol. The summed E-state index contributed by atoms with van der Waals surface area (Å²) in [5.74, 6) is 1.20. The van der Waals surface area contributed by atoms with E-state index in [0.717, 1.165) is 24.2 Å². The summed E-state index contributed by atoms with van der Waals surface area (Å²) in [6.07, 6.45) is 3.14. The second-order valence-corrected chi connectivity index (χ2v) is 7.07. The van der Waals surface area contributed by atoms with Gasteiger partial charge in [0.15, 0.2) is 9.84 Å². The van der Waals surface area contributed by atoms with Crippen LogP contribution in [0.25, 0.3) is 0 Å². The van der Waals surface area contributed by atoms with Crippen LogP contribution in [0.4, 0.5) is 0 Å². The van der Waals surface area contributed by atoms with Crippen molar-refractivity contribution < 1.29 is 8.42 Å². The number of nitrogens with zero attached hydrogens (tertiary/aromatic N) is 1. The van der Waals surface area contributed by atoms with Crippen molar-refractivity contribution in [3.63, 3.8) is 0 Å². The van der Waals surface area contributed by atoms with E-state index in [2.05, 4.69) is 12.3 Å². The lowest BCUT2D eigenvalue weighted by molar-refractivity contribution is 0.601. The molecule has 0 aliphatic rings. The van der Waals surface area contributed by atoms with E-state index in [9.17, 15) is 8.42 Å². The van der Waals surface area contributed by atoms with Gasteiger partial charge in [0.1, 0.15) is 5.40 Å². The van der Waals surface area contributed by atoms with Crippen LogP contribution in [0.15, 0.2) is 29.2 Å². The smallest absolute Gasteiger partial charge is 0.175 e. The van der Waals surface area contributed by atoms with E-state index in [1.54, 1.807) is 12.1 Å². The second kappa shape index (κ2) is 6.81. The van der Waals surface area contributed by atoms with Crippen LogP contribution in [-0.4, -0.2) is 20.4 Å². The lowest BCUT2D eigenvalue weighted by Gasteiger charge is -2.14. The molecule has 0 fully saturated rings. The van der Waals surface area contributed by atoms with Gasteiger partial charge >= 0.3 is 0 Å². The number of hydrogen-bond acceptors (Lipinski definition) is 4. The maximum atomic E-state index is 11.4. The average Bonchev–Trinajstić information content (AvgIpc) is 2.34. The van der Waals surface area contributed by atoms with Gasteiger partial charge in [0, 0.05) is 12.0 Å². The Balaban J connectivity index is 2.79. The first kappa shape index (κ1) is 15.1. The zero-order valence-electron chi connectivity index (χ0n) is 10.6. The zero-order chi connectivity index (χ0) is 13.6. The van der Waals surface area contributed by atoms with Crippen LogP contribution >= 0.6 is 11.8 Å². The number of nitriles is 1. The lowest BCUT2D eigenvalue weighted by Crippen LogP contribution is -2.01. The summed E-state index contributed by atoms with van der Waals surface area (Å²) in [4.78, 5) is 0.354. The molecule has 1 aromatic carbocycles. The van der Waals surface area contributed by atoms with Gasteiger partial charge in [0.25, 0.3) is 0 Å². The van der Waals surface area contributed by atoms with E-state index in [1.165, 1.54) is 18.0 Å². The van der Waals surface area contributed by atoms with Gasteiger partial charge in [-0.05, 0) is 48.2 Å². The van der Waals surface area contributed by atoms with E-state index >= 15 is 0 Å². The van der Waals surface area contributed by atoms with Gasteiger partial charge < -0.3 is 0 Å². The summed E-state index contributed by atoms with van der Waals surface area (Å²) in [6, 6.07) is 7.07. The van der Waals surface area contributed by atoms with Crippen molar-refractivity contribution in [1.29, 1.82) is 5.26 Å². The van der Waals surface area contributed by atoms with E-state index in [0.29, 0.717) is 10.8 Å². The fraction of sp³-hybridized carbons (Fsp3) is 0.462. The van der Waals surface area contributed by atoms with Gasteiger partial charge in [0.2, 0.25) is 0 Å². The van der Waals surface area contributed by atoms with Crippen LogP contribution in [0.2, 0.25) is 0 Å². The quantitative estimate of drug-likeness (QED) is 0.594. The van der Waals surface area contributed by atoms with Crippen molar-refractivity contribution >= 4 is 21.6 Å². The molecule has 0 bridgehead atoms. The molecule has 3 nitrogen and oxygen atoms in total. The van der Waals surface area contributed by atoms with Crippen molar-refractivity contribution in [3.8, 4) is 5.40 Å². The maximum Gasteiger partial charge on any atom is 0.175 e. The fourth-order valence-corrected chi connectivity index (χ4v) is 2.96. The third-order valence-electron chi connectivity index (χ3n) is 2.91. The third kappa shape index (κ3) is 4.35. The molecule has 0 saturated carbocycles. The molecule has 1 atom stereocenters. The van der Waals surface area contributed by atoms with Crippen LogP contribution in [0.1, 0.15) is 31.2 Å². The van der Waals surface area contributed by atoms with Gasteiger partial charge in [-0.3, -0.25) is 0 Å². The van der Waals surface area contributed by atoms with E-state index in [1.807, 2.05) is 12.1 Å². The Morgan fingerprint density at radius 2 is 1.94 bits per heavy atom. The number of hydrogen-bond donors (Lipinski definition) is 0. The van der Waals surface area contributed by atoms with E-state index in [-0.39, 0.29) is 0 Å². The van der Waals surface area contributed by atoms with Crippen molar-refractivity contribution in [1.82, 2.24) is 0 Å². The molecule has 0 aliphatic carbocycles. The Morgan fingerprint density at radius 3 is 2.39 bits per heavy atom. The molecule has 0 aliphatic heterocycles. The van der Waals surface area contributed by atoms with Gasteiger partial charge in [-0.25, -0.2) is 8.42 Å². The molecule has 0 spiro atoms. The predicted octanol–water partition coefficient (Wildman–Crippen LogP) is 3.19. The highest BCUT2D eigenvalue weighted by molar-refractivity contribution is 8.03. The molecular weight excluding hydrogens is 266 g/mol. The largest absolute Gasteiger partial charge is 0.224 e. The summed E-state index contributed by atoms with van der Waals surface area (Å²) < 4.78 is 22.7. The van der Waals surface area contributed by atoms with E-state index < -0.39 is 9.84 Å². The minimum absolute atomic E-state index is 0.354. The SMILES string of the molecule is CCC(CCSC#N)c1ccc(S(C)(=O)=O)cc1. The zero-order valence-corrected chi connectivity index (χ0v) is 12.2. The molecule has 18 heavy (non-hydrogen) atoms. The van der Waals surface area contributed by atoms with Gasteiger partial charge in [-0.1, -0.05) is 19.1 Å². The molecule has 0 aromatic heterocycles. The minimum Gasteiger partial charge on any atom is -0.224 e.